The van der Waals surface area contributed by atoms with Crippen molar-refractivity contribution in [2.24, 2.45) is 5.41 Å². The molecular weight excluding hydrogens is 236 g/mol. The maximum absolute atomic E-state index is 5.91. The molecule has 0 bridgehead atoms. The summed E-state index contributed by atoms with van der Waals surface area (Å²) >= 11 is 5.91. The highest BCUT2D eigenvalue weighted by molar-refractivity contribution is 6.29. The summed E-state index contributed by atoms with van der Waals surface area (Å²) in [4.78, 5) is 10.4. The molecule has 0 aromatic carbocycles. The minimum Gasteiger partial charge on any atom is -0.368 e. The minimum absolute atomic E-state index is 0.246. The SMILES string of the molecule is CC1(C)CCCN(c2cc(Cl)nc(N)n2)CC1. The van der Waals surface area contributed by atoms with Crippen molar-refractivity contribution >= 4 is 23.4 Å². The Hall–Kier alpha value is -1.03. The lowest BCUT2D eigenvalue weighted by atomic mass is 9.85. The quantitative estimate of drug-likeness (QED) is 0.783. The minimum atomic E-state index is 0.246. The molecule has 17 heavy (non-hydrogen) atoms. The molecule has 2 N–H and O–H groups in total. The molecule has 0 saturated carbocycles. The van der Waals surface area contributed by atoms with Crippen LogP contribution in [0.15, 0.2) is 6.07 Å². The normalized spacial score (nSPS) is 20.1. The van der Waals surface area contributed by atoms with Crippen LogP contribution in [0.1, 0.15) is 33.1 Å². The lowest BCUT2D eigenvalue weighted by molar-refractivity contribution is 0.325. The van der Waals surface area contributed by atoms with E-state index in [2.05, 4.69) is 28.7 Å². The van der Waals surface area contributed by atoms with Crippen LogP contribution >= 0.6 is 11.6 Å². The number of hydrogen-bond acceptors (Lipinski definition) is 4. The number of halogens is 1. The summed E-state index contributed by atoms with van der Waals surface area (Å²) in [5.74, 6) is 1.09. The second-order valence-corrected chi connectivity index (χ2v) is 5.80. The molecule has 0 atom stereocenters. The highest BCUT2D eigenvalue weighted by atomic mass is 35.5. The van der Waals surface area contributed by atoms with E-state index < -0.39 is 0 Å². The average Bonchev–Trinajstić information content (AvgIpc) is 2.38. The van der Waals surface area contributed by atoms with Gasteiger partial charge in [-0.25, -0.2) is 4.98 Å². The molecule has 1 aliphatic rings. The van der Waals surface area contributed by atoms with Crippen molar-refractivity contribution in [2.45, 2.75) is 33.1 Å². The molecule has 0 aliphatic carbocycles. The molecule has 4 nitrogen and oxygen atoms in total. The summed E-state index contributed by atoms with van der Waals surface area (Å²) in [6.45, 7) is 6.64. The fourth-order valence-corrected chi connectivity index (χ4v) is 2.42. The van der Waals surface area contributed by atoms with Crippen molar-refractivity contribution in [2.75, 3.05) is 23.7 Å². The molecule has 2 heterocycles. The van der Waals surface area contributed by atoms with Crippen molar-refractivity contribution in [3.8, 4) is 0 Å². The number of hydrogen-bond donors (Lipinski definition) is 1. The van der Waals surface area contributed by atoms with Crippen molar-refractivity contribution in [1.82, 2.24) is 9.97 Å². The number of nitrogens with zero attached hydrogens (tertiary/aromatic N) is 3. The van der Waals surface area contributed by atoms with Gasteiger partial charge in [-0.1, -0.05) is 25.4 Å². The Kier molecular flexibility index (Phi) is 3.43. The summed E-state index contributed by atoms with van der Waals surface area (Å²) in [7, 11) is 0. The van der Waals surface area contributed by atoms with E-state index in [4.69, 9.17) is 17.3 Å². The molecule has 1 aromatic heterocycles. The van der Waals surface area contributed by atoms with Crippen LogP contribution in [0, 0.1) is 5.41 Å². The molecule has 2 rings (SSSR count). The van der Waals surface area contributed by atoms with Gasteiger partial charge in [0.1, 0.15) is 11.0 Å². The lowest BCUT2D eigenvalue weighted by Gasteiger charge is -2.24. The van der Waals surface area contributed by atoms with Crippen LogP contribution in [0.3, 0.4) is 0 Å². The standard InChI is InChI=1S/C12H19ClN4/c1-12(2)4-3-6-17(7-5-12)10-8-9(13)15-11(14)16-10/h8H,3-7H2,1-2H3,(H2,14,15,16). The maximum Gasteiger partial charge on any atom is 0.223 e. The summed E-state index contributed by atoms with van der Waals surface area (Å²) in [5, 5.41) is 0.413. The Balaban J connectivity index is 2.17. The van der Waals surface area contributed by atoms with Gasteiger partial charge in [0.25, 0.3) is 0 Å². The van der Waals surface area contributed by atoms with E-state index in [1.165, 1.54) is 12.8 Å². The number of aromatic nitrogens is 2. The second kappa shape index (κ2) is 4.69. The predicted octanol–water partition coefficient (Wildman–Crippen LogP) is 2.73. The van der Waals surface area contributed by atoms with Gasteiger partial charge in [0.2, 0.25) is 5.95 Å². The van der Waals surface area contributed by atoms with Gasteiger partial charge in [-0.15, -0.1) is 0 Å². The molecule has 5 heteroatoms. The Morgan fingerprint density at radius 3 is 2.76 bits per heavy atom. The summed E-state index contributed by atoms with van der Waals surface area (Å²) in [6, 6.07) is 1.79. The Morgan fingerprint density at radius 2 is 2.06 bits per heavy atom. The molecular formula is C12H19ClN4. The largest absolute Gasteiger partial charge is 0.368 e. The number of anilines is 2. The molecule has 0 unspecified atom stereocenters. The van der Waals surface area contributed by atoms with E-state index in [1.807, 2.05) is 0 Å². The molecule has 0 spiro atoms. The molecule has 1 aliphatic heterocycles. The Morgan fingerprint density at radius 1 is 1.29 bits per heavy atom. The van der Waals surface area contributed by atoms with Crippen molar-refractivity contribution in [3.63, 3.8) is 0 Å². The third-order valence-electron chi connectivity index (χ3n) is 3.36. The van der Waals surface area contributed by atoms with Gasteiger partial charge < -0.3 is 10.6 Å². The molecule has 1 saturated heterocycles. The summed E-state index contributed by atoms with van der Waals surface area (Å²) in [6.07, 6.45) is 3.58. The van der Waals surface area contributed by atoms with E-state index in [9.17, 15) is 0 Å². The van der Waals surface area contributed by atoms with Gasteiger partial charge in [0.05, 0.1) is 0 Å². The topological polar surface area (TPSA) is 55.0 Å². The van der Waals surface area contributed by atoms with Crippen LogP contribution in [-0.2, 0) is 0 Å². The molecule has 1 aromatic rings. The van der Waals surface area contributed by atoms with Crippen LogP contribution in [0.2, 0.25) is 5.15 Å². The monoisotopic (exact) mass is 254 g/mol. The first-order valence-electron chi connectivity index (χ1n) is 6.01. The first-order valence-corrected chi connectivity index (χ1v) is 6.39. The third kappa shape index (κ3) is 3.22. The second-order valence-electron chi connectivity index (χ2n) is 5.41. The van der Waals surface area contributed by atoms with Crippen molar-refractivity contribution in [1.29, 1.82) is 0 Å². The van der Waals surface area contributed by atoms with Gasteiger partial charge in [-0.05, 0) is 24.7 Å². The highest BCUT2D eigenvalue weighted by Crippen LogP contribution is 2.31. The fourth-order valence-electron chi connectivity index (χ4n) is 2.24. The number of nitrogen functional groups attached to an aromatic ring is 1. The Bertz CT molecular complexity index is 385. The van der Waals surface area contributed by atoms with Crippen molar-refractivity contribution in [3.05, 3.63) is 11.2 Å². The van der Waals surface area contributed by atoms with E-state index in [0.29, 0.717) is 10.6 Å². The molecule has 1 fully saturated rings. The van der Waals surface area contributed by atoms with E-state index >= 15 is 0 Å². The van der Waals surface area contributed by atoms with Crippen LogP contribution in [0.4, 0.5) is 11.8 Å². The lowest BCUT2D eigenvalue weighted by Crippen LogP contribution is -2.26. The van der Waals surface area contributed by atoms with Gasteiger partial charge in [-0.2, -0.15) is 4.98 Å². The molecule has 0 radical (unpaired) electrons. The van der Waals surface area contributed by atoms with E-state index in [0.717, 1.165) is 25.3 Å². The smallest absolute Gasteiger partial charge is 0.223 e. The van der Waals surface area contributed by atoms with Gasteiger partial charge in [-0.3, -0.25) is 0 Å². The van der Waals surface area contributed by atoms with Crippen LogP contribution < -0.4 is 10.6 Å². The zero-order valence-electron chi connectivity index (χ0n) is 10.4. The molecule has 94 valence electrons. The summed E-state index contributed by atoms with van der Waals surface area (Å²) in [5.41, 5.74) is 6.04. The first kappa shape index (κ1) is 12.4. The Labute approximate surface area is 107 Å². The zero-order chi connectivity index (χ0) is 12.5. The third-order valence-corrected chi connectivity index (χ3v) is 3.56. The number of rotatable bonds is 1. The van der Waals surface area contributed by atoms with E-state index in [-0.39, 0.29) is 5.95 Å². The van der Waals surface area contributed by atoms with Crippen LogP contribution in [-0.4, -0.2) is 23.1 Å². The first-order chi connectivity index (χ1) is 7.96. The fraction of sp³-hybridized carbons (Fsp3) is 0.667. The van der Waals surface area contributed by atoms with Crippen LogP contribution in [0.5, 0.6) is 0 Å². The van der Waals surface area contributed by atoms with E-state index in [1.54, 1.807) is 6.07 Å². The van der Waals surface area contributed by atoms with Crippen molar-refractivity contribution < 1.29 is 0 Å². The highest BCUT2D eigenvalue weighted by Gasteiger charge is 2.23. The average molecular weight is 255 g/mol. The molecule has 0 amide bonds. The van der Waals surface area contributed by atoms with Gasteiger partial charge in [0.15, 0.2) is 0 Å². The van der Waals surface area contributed by atoms with Gasteiger partial charge >= 0.3 is 0 Å². The zero-order valence-corrected chi connectivity index (χ0v) is 11.2. The maximum atomic E-state index is 5.91. The van der Waals surface area contributed by atoms with Crippen LogP contribution in [0.25, 0.3) is 0 Å². The summed E-state index contributed by atoms with van der Waals surface area (Å²) < 4.78 is 0. The van der Waals surface area contributed by atoms with Gasteiger partial charge in [0, 0.05) is 19.2 Å². The number of nitrogens with two attached hydrogens (primary N) is 1. The predicted molar refractivity (Wildman–Crippen MR) is 71.3 cm³/mol.